The molecule has 0 aliphatic rings. The van der Waals surface area contributed by atoms with Gasteiger partial charge in [0.2, 0.25) is 0 Å². The average molecular weight is 540 g/mol. The van der Waals surface area contributed by atoms with Crippen LogP contribution in [-0.2, 0) is 14.8 Å². The Hall–Kier alpha value is -4.18. The molecule has 6 nitrogen and oxygen atoms in total. The number of rotatable bonds is 6. The Kier molecular flexibility index (Phi) is 7.15. The van der Waals surface area contributed by atoms with Crippen molar-refractivity contribution in [2.24, 2.45) is 0 Å². The third kappa shape index (κ3) is 4.74. The van der Waals surface area contributed by atoms with Crippen LogP contribution in [0.25, 0.3) is 33.8 Å². The molecule has 6 aromatic rings. The Morgan fingerprint density at radius 2 is 0.711 bits per heavy atom. The molecular weight excluding hydrogens is 508 g/mol. The Balaban J connectivity index is 0.00000294. The first-order valence-corrected chi connectivity index (χ1v) is 13.9. The molecule has 3 aromatic carbocycles. The molecule has 0 bridgehead atoms. The fraction of sp³-hybridized carbons (Fsp3) is 0.129. The molecule has 3 aromatic heterocycles. The second kappa shape index (κ2) is 10.7. The van der Waals surface area contributed by atoms with Gasteiger partial charge in [-0.15, -0.1) is 0 Å². The quantitative estimate of drug-likeness (QED) is 0.226. The van der Waals surface area contributed by atoms with Crippen LogP contribution in [0.15, 0.2) is 109 Å². The van der Waals surface area contributed by atoms with E-state index in [0.717, 1.165) is 50.9 Å². The van der Waals surface area contributed by atoms with Crippen molar-refractivity contribution in [3.8, 4) is 33.8 Å². The van der Waals surface area contributed by atoms with Gasteiger partial charge in [0.15, 0.2) is 0 Å². The molecule has 0 radical (unpaired) electrons. The van der Waals surface area contributed by atoms with Gasteiger partial charge in [0, 0.05) is 0 Å². The number of hydrogen-bond donors (Lipinski definition) is 0. The summed E-state index contributed by atoms with van der Waals surface area (Å²) in [6, 6.07) is 37.4. The van der Waals surface area contributed by atoms with Crippen LogP contribution in [0.4, 0.5) is 0 Å². The molecule has 0 atom stereocenters. The maximum absolute atomic E-state index is 5.13. The van der Waals surface area contributed by atoms with Gasteiger partial charge in [-0.3, -0.25) is 0 Å². The van der Waals surface area contributed by atoms with E-state index in [1.807, 2.05) is 54.6 Å². The van der Waals surface area contributed by atoms with E-state index >= 15 is 0 Å². The van der Waals surface area contributed by atoms with E-state index in [0.29, 0.717) is 0 Å². The fourth-order valence-corrected chi connectivity index (χ4v) is 7.24. The fourth-order valence-electron chi connectivity index (χ4n) is 4.34. The van der Waals surface area contributed by atoms with Crippen LogP contribution < -0.4 is 0 Å². The molecule has 38 heavy (non-hydrogen) atoms. The maximum atomic E-state index is 5.13. The second-order valence-electron chi connectivity index (χ2n) is 8.97. The van der Waals surface area contributed by atoms with E-state index in [-0.39, 0.29) is 7.43 Å². The molecule has 191 valence electrons. The Labute approximate surface area is 228 Å². The zero-order valence-electron chi connectivity index (χ0n) is 21.0. The van der Waals surface area contributed by atoms with Crippen molar-refractivity contribution in [2.75, 3.05) is 0 Å². The number of benzene rings is 3. The molecule has 0 N–H and O–H groups in total. The van der Waals surface area contributed by atoms with Crippen LogP contribution in [-0.4, -0.2) is 26.3 Å². The van der Waals surface area contributed by atoms with Crippen molar-refractivity contribution in [3.63, 3.8) is 0 Å². The molecule has 3 heterocycles. The first-order chi connectivity index (χ1) is 18.1. The normalized spacial score (nSPS) is 11.1. The van der Waals surface area contributed by atoms with Crippen molar-refractivity contribution in [1.82, 2.24) is 26.3 Å². The van der Waals surface area contributed by atoms with E-state index in [2.05, 4.69) is 86.4 Å². The second-order valence-corrected chi connectivity index (χ2v) is 11.4. The number of aryl methyl sites for hydroxylation is 3. The van der Waals surface area contributed by atoms with Gasteiger partial charge in [0.05, 0.1) is 0 Å². The van der Waals surface area contributed by atoms with E-state index in [1.54, 1.807) is 0 Å². The minimum absolute atomic E-state index is 0. The van der Waals surface area contributed by atoms with Gasteiger partial charge < -0.3 is 0 Å². The van der Waals surface area contributed by atoms with Gasteiger partial charge in [-0.25, -0.2) is 0 Å². The summed E-state index contributed by atoms with van der Waals surface area (Å²) in [6.45, 7) is 6.34. The molecule has 0 aliphatic carbocycles. The van der Waals surface area contributed by atoms with Gasteiger partial charge in [-0.05, 0) is 0 Å². The third-order valence-electron chi connectivity index (χ3n) is 6.21. The molecule has 6 rings (SSSR count). The summed E-state index contributed by atoms with van der Waals surface area (Å²) in [5.41, 5.74) is 9.38. The van der Waals surface area contributed by atoms with Gasteiger partial charge in [0.25, 0.3) is 0 Å². The third-order valence-corrected chi connectivity index (χ3v) is 9.39. The molecule has 0 saturated heterocycles. The van der Waals surface area contributed by atoms with Crippen LogP contribution in [0.5, 0.6) is 0 Å². The summed E-state index contributed by atoms with van der Waals surface area (Å²) < 4.78 is 6.43. The molecule has 0 fully saturated rings. The van der Waals surface area contributed by atoms with Crippen LogP contribution >= 0.6 is 0 Å². The minimum atomic E-state index is -2.13. The summed E-state index contributed by atoms with van der Waals surface area (Å²) >= 11 is -2.13. The molecule has 0 saturated carbocycles. The monoisotopic (exact) mass is 539 g/mol. The number of hydrogen-bond acceptors (Lipinski definition) is 3. The van der Waals surface area contributed by atoms with E-state index in [4.69, 9.17) is 15.3 Å². The van der Waals surface area contributed by atoms with Gasteiger partial charge >= 0.3 is 222 Å². The Morgan fingerprint density at radius 1 is 0.447 bits per heavy atom. The molecule has 0 unspecified atom stereocenters. The van der Waals surface area contributed by atoms with Crippen LogP contribution in [0, 0.1) is 20.8 Å². The molecule has 0 amide bonds. The van der Waals surface area contributed by atoms with Crippen molar-refractivity contribution in [2.45, 2.75) is 28.2 Å². The standard InChI is InChI=1S/3C10H9N2.CH4.Cr/c3*1-8-7-10(12-11-8)9-5-3-2-4-6-9;;/h3*2-7H,1H3;1H4;/q3*-1;;+3. The molecule has 7 heteroatoms. The van der Waals surface area contributed by atoms with E-state index in [1.165, 1.54) is 0 Å². The van der Waals surface area contributed by atoms with Crippen LogP contribution in [0.3, 0.4) is 0 Å². The van der Waals surface area contributed by atoms with Crippen molar-refractivity contribution in [1.29, 1.82) is 0 Å². The van der Waals surface area contributed by atoms with Crippen LogP contribution in [0.2, 0.25) is 0 Å². The van der Waals surface area contributed by atoms with Gasteiger partial charge in [-0.2, -0.15) is 0 Å². The van der Waals surface area contributed by atoms with Crippen molar-refractivity contribution < 1.29 is 14.8 Å². The summed E-state index contributed by atoms with van der Waals surface area (Å²) in [5.74, 6) is 0. The number of aromatic nitrogens is 6. The first-order valence-electron chi connectivity index (χ1n) is 12.2. The Bertz CT molecular complexity index is 1450. The topological polar surface area (TPSA) is 53.5 Å². The Morgan fingerprint density at radius 3 is 0.974 bits per heavy atom. The van der Waals surface area contributed by atoms with Gasteiger partial charge in [-0.1, -0.05) is 7.43 Å². The van der Waals surface area contributed by atoms with E-state index < -0.39 is 14.8 Å². The zero-order valence-corrected chi connectivity index (χ0v) is 22.3. The van der Waals surface area contributed by atoms with Crippen LogP contribution in [0.1, 0.15) is 24.5 Å². The summed E-state index contributed by atoms with van der Waals surface area (Å²) in [5, 5.41) is 15.4. The molecule has 0 spiro atoms. The summed E-state index contributed by atoms with van der Waals surface area (Å²) in [4.78, 5) is 0. The SMILES string of the molecule is C.Cc1cc(-c2ccccc2)n[n]1[Cr]([n]1nc(-c2ccccc2)cc1C)[n]1nc(-c2ccccc2)cc1C. The predicted molar refractivity (Wildman–Crippen MR) is 150 cm³/mol. The molecule has 0 aliphatic heterocycles. The predicted octanol–water partition coefficient (Wildman–Crippen LogP) is 7.15. The first kappa shape index (κ1) is 25.5. The van der Waals surface area contributed by atoms with Crippen molar-refractivity contribution >= 4 is 0 Å². The average Bonchev–Trinajstić information content (AvgIpc) is 3.64. The number of nitrogens with zero attached hydrogens (tertiary/aromatic N) is 6. The summed E-state index contributed by atoms with van der Waals surface area (Å²) in [7, 11) is 0. The molecular formula is C31H31CrN6. The van der Waals surface area contributed by atoms with Crippen molar-refractivity contribution in [3.05, 3.63) is 126 Å². The van der Waals surface area contributed by atoms with E-state index in [9.17, 15) is 0 Å². The zero-order chi connectivity index (χ0) is 25.4. The van der Waals surface area contributed by atoms with Gasteiger partial charge in [0.1, 0.15) is 0 Å². The summed E-state index contributed by atoms with van der Waals surface area (Å²) in [6.07, 6.45) is 0.